The predicted octanol–water partition coefficient (Wildman–Crippen LogP) is 1.48. The summed E-state index contributed by atoms with van der Waals surface area (Å²) in [7, 11) is 0. The first kappa shape index (κ1) is 7.92. The normalized spacial score (nSPS) is 20.4. The van der Waals surface area contributed by atoms with Crippen molar-refractivity contribution in [1.29, 1.82) is 0 Å². The molecule has 0 bridgehead atoms. The number of hydrogen-bond acceptors (Lipinski definition) is 3. The molecule has 1 atom stereocenters. The van der Waals surface area contributed by atoms with Crippen LogP contribution >= 0.6 is 11.8 Å². The van der Waals surface area contributed by atoms with E-state index in [1.54, 1.807) is 0 Å². The third-order valence-electron chi connectivity index (χ3n) is 1.57. The Morgan fingerprint density at radius 1 is 1.80 bits per heavy atom. The molecular weight excluding hydrogens is 144 g/mol. The molecule has 0 saturated carbocycles. The maximum absolute atomic E-state index is 4.29. The summed E-state index contributed by atoms with van der Waals surface area (Å²) in [6.07, 6.45) is 1.17. The van der Waals surface area contributed by atoms with E-state index in [9.17, 15) is 0 Å². The van der Waals surface area contributed by atoms with Crippen LogP contribution in [0.3, 0.4) is 0 Å². The lowest BCUT2D eigenvalue weighted by molar-refractivity contribution is 0.646. The fourth-order valence-electron chi connectivity index (χ4n) is 0.735. The van der Waals surface area contributed by atoms with Crippen LogP contribution in [-0.4, -0.2) is 23.5 Å². The molecule has 1 unspecified atom stereocenters. The zero-order valence-corrected chi connectivity index (χ0v) is 7.37. The fraction of sp³-hybridized carbons (Fsp3) is 0.857. The second kappa shape index (κ2) is 3.86. The van der Waals surface area contributed by atoms with Gasteiger partial charge in [-0.25, -0.2) is 0 Å². The molecule has 1 aliphatic heterocycles. The van der Waals surface area contributed by atoms with E-state index in [0.29, 0.717) is 6.04 Å². The van der Waals surface area contributed by atoms with Crippen molar-refractivity contribution in [1.82, 2.24) is 5.32 Å². The van der Waals surface area contributed by atoms with E-state index < -0.39 is 0 Å². The van der Waals surface area contributed by atoms with E-state index in [0.717, 1.165) is 17.5 Å². The first-order valence-corrected chi connectivity index (χ1v) is 4.75. The number of nitrogens with zero attached hydrogens (tertiary/aromatic N) is 1. The molecule has 0 aliphatic carbocycles. The zero-order valence-electron chi connectivity index (χ0n) is 6.55. The Hall–Kier alpha value is -0.180. The van der Waals surface area contributed by atoms with Gasteiger partial charge in [0.05, 0.1) is 6.54 Å². The Morgan fingerprint density at radius 2 is 2.60 bits per heavy atom. The highest BCUT2D eigenvalue weighted by Gasteiger charge is 2.07. The maximum Gasteiger partial charge on any atom is 0.156 e. The number of nitrogens with one attached hydrogen (secondary N) is 1. The minimum atomic E-state index is 0.573. The maximum atomic E-state index is 4.29. The van der Waals surface area contributed by atoms with Gasteiger partial charge in [-0.05, 0) is 13.3 Å². The Bertz CT molecular complexity index is 134. The average molecular weight is 158 g/mol. The highest BCUT2D eigenvalue weighted by atomic mass is 32.2. The molecule has 0 aromatic carbocycles. The van der Waals surface area contributed by atoms with Gasteiger partial charge in [-0.2, -0.15) is 0 Å². The summed E-state index contributed by atoms with van der Waals surface area (Å²) in [4.78, 5) is 4.29. The molecule has 0 amide bonds. The van der Waals surface area contributed by atoms with Gasteiger partial charge in [-0.15, -0.1) is 0 Å². The van der Waals surface area contributed by atoms with Crippen LogP contribution in [0.4, 0.5) is 0 Å². The van der Waals surface area contributed by atoms with E-state index in [1.807, 2.05) is 11.8 Å². The second-order valence-electron chi connectivity index (χ2n) is 2.49. The van der Waals surface area contributed by atoms with E-state index in [4.69, 9.17) is 0 Å². The molecule has 0 spiro atoms. The first-order chi connectivity index (χ1) is 4.83. The molecule has 0 radical (unpaired) electrons. The third kappa shape index (κ3) is 2.21. The van der Waals surface area contributed by atoms with Gasteiger partial charge in [0.2, 0.25) is 0 Å². The van der Waals surface area contributed by atoms with E-state index >= 15 is 0 Å². The molecule has 0 aromatic heterocycles. The van der Waals surface area contributed by atoms with Gasteiger partial charge in [-0.1, -0.05) is 18.7 Å². The zero-order chi connectivity index (χ0) is 7.40. The predicted molar refractivity (Wildman–Crippen MR) is 47.6 cm³/mol. The molecule has 3 heteroatoms. The molecule has 1 heterocycles. The van der Waals surface area contributed by atoms with Gasteiger partial charge in [0, 0.05) is 11.8 Å². The summed E-state index contributed by atoms with van der Waals surface area (Å²) in [5.74, 6) is 1.15. The van der Waals surface area contributed by atoms with E-state index in [1.165, 1.54) is 6.42 Å². The fourth-order valence-corrected chi connectivity index (χ4v) is 1.58. The number of hydrogen-bond donors (Lipinski definition) is 1. The van der Waals surface area contributed by atoms with Crippen LogP contribution in [0.2, 0.25) is 0 Å². The van der Waals surface area contributed by atoms with Crippen LogP contribution in [-0.2, 0) is 0 Å². The van der Waals surface area contributed by atoms with Gasteiger partial charge in [0.1, 0.15) is 0 Å². The third-order valence-corrected chi connectivity index (χ3v) is 2.47. The smallest absolute Gasteiger partial charge is 0.156 e. The lowest BCUT2D eigenvalue weighted by Crippen LogP contribution is -2.28. The van der Waals surface area contributed by atoms with Gasteiger partial charge >= 0.3 is 0 Å². The van der Waals surface area contributed by atoms with Crippen LogP contribution in [0.1, 0.15) is 20.3 Å². The molecule has 1 N–H and O–H groups in total. The second-order valence-corrected chi connectivity index (χ2v) is 3.57. The molecule has 1 aliphatic rings. The molecule has 0 aromatic rings. The Kier molecular flexibility index (Phi) is 3.06. The minimum Gasteiger partial charge on any atom is -0.362 e. The largest absolute Gasteiger partial charge is 0.362 e. The van der Waals surface area contributed by atoms with Crippen molar-refractivity contribution in [3.8, 4) is 0 Å². The summed E-state index contributed by atoms with van der Waals surface area (Å²) < 4.78 is 0. The monoisotopic (exact) mass is 158 g/mol. The van der Waals surface area contributed by atoms with Crippen molar-refractivity contribution >= 4 is 16.9 Å². The molecule has 0 fully saturated rings. The summed E-state index contributed by atoms with van der Waals surface area (Å²) in [5, 5.41) is 4.48. The van der Waals surface area contributed by atoms with Crippen LogP contribution in [0, 0.1) is 0 Å². The topological polar surface area (TPSA) is 24.4 Å². The van der Waals surface area contributed by atoms with E-state index in [-0.39, 0.29) is 0 Å². The molecule has 10 heavy (non-hydrogen) atoms. The summed E-state index contributed by atoms with van der Waals surface area (Å²) in [6, 6.07) is 0.573. The van der Waals surface area contributed by atoms with Gasteiger partial charge < -0.3 is 5.32 Å². The van der Waals surface area contributed by atoms with Crippen molar-refractivity contribution in [2.75, 3.05) is 12.3 Å². The van der Waals surface area contributed by atoms with Crippen molar-refractivity contribution in [3.05, 3.63) is 0 Å². The Morgan fingerprint density at radius 3 is 3.10 bits per heavy atom. The molecular formula is C7H14N2S. The van der Waals surface area contributed by atoms with Crippen LogP contribution in [0.25, 0.3) is 0 Å². The van der Waals surface area contributed by atoms with Crippen LogP contribution < -0.4 is 5.32 Å². The molecule has 1 rings (SSSR count). The number of amidine groups is 1. The van der Waals surface area contributed by atoms with Crippen molar-refractivity contribution in [2.45, 2.75) is 26.3 Å². The Balaban J connectivity index is 2.23. The highest BCUT2D eigenvalue weighted by molar-refractivity contribution is 8.14. The van der Waals surface area contributed by atoms with E-state index in [2.05, 4.69) is 24.2 Å². The summed E-state index contributed by atoms with van der Waals surface area (Å²) in [5.41, 5.74) is 0. The van der Waals surface area contributed by atoms with Crippen LogP contribution in [0.5, 0.6) is 0 Å². The number of rotatable bonds is 2. The lowest BCUT2D eigenvalue weighted by atomic mass is 10.3. The number of thioether (sulfide) groups is 1. The SMILES string of the molecule is CCC(C)NC1=NCCS1. The van der Waals surface area contributed by atoms with Crippen molar-refractivity contribution < 1.29 is 0 Å². The first-order valence-electron chi connectivity index (χ1n) is 3.76. The number of aliphatic imine (C=N–C) groups is 1. The average Bonchev–Trinajstić information content (AvgIpc) is 2.40. The molecule has 0 saturated heterocycles. The summed E-state index contributed by atoms with van der Waals surface area (Å²) >= 11 is 1.82. The van der Waals surface area contributed by atoms with Crippen molar-refractivity contribution in [2.24, 2.45) is 4.99 Å². The highest BCUT2D eigenvalue weighted by Crippen LogP contribution is 2.09. The quantitative estimate of drug-likeness (QED) is 0.658. The summed E-state index contributed by atoms with van der Waals surface area (Å²) in [6.45, 7) is 5.35. The van der Waals surface area contributed by atoms with Crippen molar-refractivity contribution in [3.63, 3.8) is 0 Å². The molecule has 58 valence electrons. The van der Waals surface area contributed by atoms with Crippen LogP contribution in [0.15, 0.2) is 4.99 Å². The minimum absolute atomic E-state index is 0.573. The Labute approximate surface area is 66.5 Å². The van der Waals surface area contributed by atoms with Gasteiger partial charge in [0.15, 0.2) is 5.17 Å². The van der Waals surface area contributed by atoms with Gasteiger partial charge in [-0.3, -0.25) is 4.99 Å². The molecule has 2 nitrogen and oxygen atoms in total. The standard InChI is InChI=1S/C7H14N2S/c1-3-6(2)9-7-8-4-5-10-7/h6H,3-5H2,1-2H3,(H,8,9). The lowest BCUT2D eigenvalue weighted by Gasteiger charge is -2.10. The van der Waals surface area contributed by atoms with Gasteiger partial charge in [0.25, 0.3) is 0 Å².